The quantitative estimate of drug-likeness (QED) is 0.758. The van der Waals surface area contributed by atoms with Gasteiger partial charge in [0.15, 0.2) is 0 Å². The minimum absolute atomic E-state index is 0.0348. The molecule has 0 aliphatic heterocycles. The van der Waals surface area contributed by atoms with Gasteiger partial charge in [-0.15, -0.1) is 0 Å². The second-order valence-electron chi connectivity index (χ2n) is 4.65. The third-order valence-corrected chi connectivity index (χ3v) is 2.81. The molecule has 1 atom stereocenters. The second kappa shape index (κ2) is 7.39. The molecule has 0 saturated heterocycles. The monoisotopic (exact) mass is 261 g/mol. The summed E-state index contributed by atoms with van der Waals surface area (Å²) in [5.41, 5.74) is 1.07. The molecule has 5 nitrogen and oxygen atoms in total. The van der Waals surface area contributed by atoms with Crippen LogP contribution in [0.3, 0.4) is 0 Å². The Labute approximate surface area is 113 Å². The highest BCUT2D eigenvalue weighted by molar-refractivity contribution is 5.89. The van der Waals surface area contributed by atoms with Gasteiger partial charge in [0.2, 0.25) is 0 Å². The summed E-state index contributed by atoms with van der Waals surface area (Å²) in [5.74, 6) is 0.239. The molecule has 19 heavy (non-hydrogen) atoms. The van der Waals surface area contributed by atoms with Crippen molar-refractivity contribution in [1.29, 1.82) is 5.26 Å². The summed E-state index contributed by atoms with van der Waals surface area (Å²) in [6.45, 7) is 4.00. The van der Waals surface area contributed by atoms with Crippen LogP contribution in [0.4, 0.5) is 10.5 Å². The summed E-state index contributed by atoms with van der Waals surface area (Å²) in [6, 6.07) is 8.31. The first-order chi connectivity index (χ1) is 9.06. The van der Waals surface area contributed by atoms with Gasteiger partial charge in [-0.05, 0) is 30.5 Å². The highest BCUT2D eigenvalue weighted by atomic mass is 16.3. The number of carbonyl (C=O) groups excluding carboxylic acids is 1. The number of carbonyl (C=O) groups is 1. The topological polar surface area (TPSA) is 85.2 Å². The lowest BCUT2D eigenvalue weighted by molar-refractivity contribution is 0.227. The number of amides is 2. The van der Waals surface area contributed by atoms with Crippen molar-refractivity contribution in [2.45, 2.75) is 26.3 Å². The zero-order valence-electron chi connectivity index (χ0n) is 11.2. The Morgan fingerprint density at radius 3 is 2.79 bits per heavy atom. The average Bonchev–Trinajstić information content (AvgIpc) is 2.38. The zero-order valence-corrected chi connectivity index (χ0v) is 11.2. The van der Waals surface area contributed by atoms with E-state index in [2.05, 4.69) is 10.6 Å². The third kappa shape index (κ3) is 4.98. The Morgan fingerprint density at radius 1 is 1.47 bits per heavy atom. The third-order valence-electron chi connectivity index (χ3n) is 2.81. The van der Waals surface area contributed by atoms with Crippen LogP contribution in [-0.4, -0.2) is 23.8 Å². The SMILES string of the molecule is CC(C)C(CCO)NC(=O)Nc1cccc(C#N)c1. The Kier molecular flexibility index (Phi) is 5.83. The van der Waals surface area contributed by atoms with Crippen molar-refractivity contribution in [3.63, 3.8) is 0 Å². The smallest absolute Gasteiger partial charge is 0.319 e. The summed E-state index contributed by atoms with van der Waals surface area (Å²) >= 11 is 0. The fraction of sp³-hybridized carbons (Fsp3) is 0.429. The molecule has 0 bridgehead atoms. The molecule has 0 radical (unpaired) electrons. The number of aliphatic hydroxyl groups excluding tert-OH is 1. The molecule has 3 N–H and O–H groups in total. The Morgan fingerprint density at radius 2 is 2.21 bits per heavy atom. The highest BCUT2D eigenvalue weighted by Gasteiger charge is 2.15. The Balaban J connectivity index is 2.61. The number of hydrogen-bond donors (Lipinski definition) is 3. The van der Waals surface area contributed by atoms with E-state index in [-0.39, 0.29) is 24.6 Å². The van der Waals surface area contributed by atoms with Crippen molar-refractivity contribution < 1.29 is 9.90 Å². The predicted molar refractivity (Wildman–Crippen MR) is 73.6 cm³/mol. The first kappa shape index (κ1) is 15.0. The number of nitrogens with zero attached hydrogens (tertiary/aromatic N) is 1. The first-order valence-corrected chi connectivity index (χ1v) is 6.25. The minimum Gasteiger partial charge on any atom is -0.396 e. The van der Waals surface area contributed by atoms with Crippen molar-refractivity contribution in [1.82, 2.24) is 5.32 Å². The molecule has 102 valence electrons. The molecule has 1 aromatic rings. The van der Waals surface area contributed by atoms with Crippen LogP contribution in [0.5, 0.6) is 0 Å². The Bertz CT molecular complexity index is 466. The number of anilines is 1. The average molecular weight is 261 g/mol. The summed E-state index contributed by atoms with van der Waals surface area (Å²) in [4.78, 5) is 11.8. The molecule has 0 aromatic heterocycles. The van der Waals surface area contributed by atoms with Gasteiger partial charge in [-0.2, -0.15) is 5.26 Å². The standard InChI is InChI=1S/C14H19N3O2/c1-10(2)13(6-7-18)17-14(19)16-12-5-3-4-11(8-12)9-15/h3-5,8,10,13,18H,6-7H2,1-2H3,(H2,16,17,19). The molecular weight excluding hydrogens is 242 g/mol. The molecule has 0 aliphatic carbocycles. The van der Waals surface area contributed by atoms with E-state index in [9.17, 15) is 4.79 Å². The lowest BCUT2D eigenvalue weighted by atomic mass is 10.0. The van der Waals surface area contributed by atoms with Crippen molar-refractivity contribution in [2.24, 2.45) is 5.92 Å². The van der Waals surface area contributed by atoms with E-state index in [1.54, 1.807) is 24.3 Å². The molecule has 0 aliphatic rings. The largest absolute Gasteiger partial charge is 0.396 e. The predicted octanol–water partition coefficient (Wildman–Crippen LogP) is 2.09. The number of aliphatic hydroxyl groups is 1. The molecule has 5 heteroatoms. The molecule has 0 saturated carbocycles. The summed E-state index contributed by atoms with van der Waals surface area (Å²) in [5, 5.41) is 23.2. The number of benzene rings is 1. The van der Waals surface area contributed by atoms with E-state index < -0.39 is 0 Å². The van der Waals surface area contributed by atoms with E-state index in [1.165, 1.54) is 0 Å². The van der Waals surface area contributed by atoms with Crippen LogP contribution < -0.4 is 10.6 Å². The van der Waals surface area contributed by atoms with Crippen LogP contribution in [0.2, 0.25) is 0 Å². The minimum atomic E-state index is -0.331. The lowest BCUT2D eigenvalue weighted by Crippen LogP contribution is -2.41. The number of nitriles is 1. The van der Waals surface area contributed by atoms with Crippen LogP contribution in [0, 0.1) is 17.2 Å². The van der Waals surface area contributed by atoms with Crippen molar-refractivity contribution in [2.75, 3.05) is 11.9 Å². The fourth-order valence-electron chi connectivity index (χ4n) is 1.71. The molecule has 1 aromatic carbocycles. The van der Waals surface area contributed by atoms with Crippen LogP contribution in [0.15, 0.2) is 24.3 Å². The van der Waals surface area contributed by atoms with Gasteiger partial charge in [0.05, 0.1) is 11.6 Å². The lowest BCUT2D eigenvalue weighted by Gasteiger charge is -2.21. The summed E-state index contributed by atoms with van der Waals surface area (Å²) in [7, 11) is 0. The van der Waals surface area contributed by atoms with E-state index in [4.69, 9.17) is 10.4 Å². The van der Waals surface area contributed by atoms with Crippen LogP contribution >= 0.6 is 0 Å². The van der Waals surface area contributed by atoms with Gasteiger partial charge < -0.3 is 15.7 Å². The second-order valence-corrected chi connectivity index (χ2v) is 4.65. The molecule has 1 rings (SSSR count). The maximum absolute atomic E-state index is 11.8. The van der Waals surface area contributed by atoms with Gasteiger partial charge in [0.1, 0.15) is 0 Å². The van der Waals surface area contributed by atoms with Gasteiger partial charge in [0, 0.05) is 18.3 Å². The van der Waals surface area contributed by atoms with Crippen LogP contribution in [-0.2, 0) is 0 Å². The number of nitrogens with one attached hydrogen (secondary N) is 2. The van der Waals surface area contributed by atoms with Gasteiger partial charge in [-0.1, -0.05) is 19.9 Å². The summed E-state index contributed by atoms with van der Waals surface area (Å²) in [6.07, 6.45) is 0.517. The van der Waals surface area contributed by atoms with Gasteiger partial charge in [-0.25, -0.2) is 4.79 Å². The van der Waals surface area contributed by atoms with Crippen LogP contribution in [0.1, 0.15) is 25.8 Å². The van der Waals surface area contributed by atoms with Crippen molar-refractivity contribution in [3.8, 4) is 6.07 Å². The fourth-order valence-corrected chi connectivity index (χ4v) is 1.71. The molecule has 0 heterocycles. The Hall–Kier alpha value is -2.06. The van der Waals surface area contributed by atoms with Crippen molar-refractivity contribution in [3.05, 3.63) is 29.8 Å². The van der Waals surface area contributed by atoms with Crippen LogP contribution in [0.25, 0.3) is 0 Å². The molecule has 0 fully saturated rings. The first-order valence-electron chi connectivity index (χ1n) is 6.25. The number of hydrogen-bond acceptors (Lipinski definition) is 3. The maximum Gasteiger partial charge on any atom is 0.319 e. The van der Waals surface area contributed by atoms with Crippen molar-refractivity contribution >= 4 is 11.7 Å². The molecule has 1 unspecified atom stereocenters. The van der Waals surface area contributed by atoms with E-state index in [0.717, 1.165) is 0 Å². The van der Waals surface area contributed by atoms with Gasteiger partial charge in [0.25, 0.3) is 0 Å². The van der Waals surface area contributed by atoms with E-state index in [1.807, 2.05) is 19.9 Å². The maximum atomic E-state index is 11.8. The van der Waals surface area contributed by atoms with Gasteiger partial charge >= 0.3 is 6.03 Å². The van der Waals surface area contributed by atoms with Gasteiger partial charge in [-0.3, -0.25) is 0 Å². The molecule has 0 spiro atoms. The zero-order chi connectivity index (χ0) is 14.3. The molecular formula is C14H19N3O2. The summed E-state index contributed by atoms with van der Waals surface area (Å²) < 4.78 is 0. The normalized spacial score (nSPS) is 11.7. The highest BCUT2D eigenvalue weighted by Crippen LogP contribution is 2.10. The van der Waals surface area contributed by atoms with E-state index >= 15 is 0 Å². The van der Waals surface area contributed by atoms with E-state index in [0.29, 0.717) is 17.7 Å². The molecule has 2 amide bonds. The number of rotatable bonds is 5. The number of urea groups is 1.